The van der Waals surface area contributed by atoms with Crippen LogP contribution in [0, 0.1) is 19.8 Å². The fourth-order valence-electron chi connectivity index (χ4n) is 2.13. The first-order valence-electron chi connectivity index (χ1n) is 5.63. The number of nitrogens with one attached hydrogen (secondary N) is 1. The van der Waals surface area contributed by atoms with Gasteiger partial charge in [-0.2, -0.15) is 0 Å². The number of rotatable bonds is 2. The van der Waals surface area contributed by atoms with Gasteiger partial charge < -0.3 is 15.0 Å². The van der Waals surface area contributed by atoms with Crippen LogP contribution in [0.4, 0.5) is 0 Å². The highest BCUT2D eigenvalue weighted by molar-refractivity contribution is 5.95. The van der Waals surface area contributed by atoms with Crippen LogP contribution in [0.3, 0.4) is 0 Å². The van der Waals surface area contributed by atoms with E-state index >= 15 is 0 Å². The highest BCUT2D eigenvalue weighted by Gasteiger charge is 2.32. The van der Waals surface area contributed by atoms with Gasteiger partial charge in [0.05, 0.1) is 0 Å². The molecule has 1 aliphatic rings. The van der Waals surface area contributed by atoms with Crippen molar-refractivity contribution in [3.05, 3.63) is 33.2 Å². The van der Waals surface area contributed by atoms with E-state index in [-0.39, 0.29) is 29.6 Å². The molecule has 17 heavy (non-hydrogen) atoms. The lowest BCUT2D eigenvalue weighted by molar-refractivity contribution is 0.0359. The summed E-state index contributed by atoms with van der Waals surface area (Å²) in [6, 6.07) is 1.79. The van der Waals surface area contributed by atoms with Gasteiger partial charge in [-0.25, -0.2) is 0 Å². The zero-order valence-electron chi connectivity index (χ0n) is 9.99. The second-order valence-electron chi connectivity index (χ2n) is 4.60. The van der Waals surface area contributed by atoms with Crippen molar-refractivity contribution in [1.82, 2.24) is 9.88 Å². The molecule has 2 N–H and O–H groups in total. The maximum Gasteiger partial charge on any atom is 0.261 e. The first kappa shape index (κ1) is 11.9. The monoisotopic (exact) mass is 236 g/mol. The molecule has 1 aromatic rings. The van der Waals surface area contributed by atoms with Gasteiger partial charge in [-0.3, -0.25) is 9.59 Å². The molecule has 0 unspecified atom stereocenters. The Morgan fingerprint density at radius 3 is 2.71 bits per heavy atom. The van der Waals surface area contributed by atoms with Crippen molar-refractivity contribution in [3.63, 3.8) is 0 Å². The molecular weight excluding hydrogens is 220 g/mol. The Balaban J connectivity index is 2.24. The lowest BCUT2D eigenvalue weighted by Crippen LogP contribution is -2.52. The molecule has 2 heterocycles. The SMILES string of the molecule is Cc1cc(C)c(C(=O)N2CC(CO)C2)c(=O)[nH]1. The highest BCUT2D eigenvalue weighted by atomic mass is 16.3. The summed E-state index contributed by atoms with van der Waals surface area (Å²) in [7, 11) is 0. The van der Waals surface area contributed by atoms with E-state index in [2.05, 4.69) is 4.98 Å². The minimum Gasteiger partial charge on any atom is -0.396 e. The number of aromatic nitrogens is 1. The number of hydrogen-bond donors (Lipinski definition) is 2. The van der Waals surface area contributed by atoms with Gasteiger partial charge in [0.15, 0.2) is 0 Å². The number of aromatic amines is 1. The van der Waals surface area contributed by atoms with Crippen molar-refractivity contribution in [1.29, 1.82) is 0 Å². The standard InChI is InChI=1S/C12H16N2O3/c1-7-3-8(2)13-11(16)10(7)12(17)14-4-9(5-14)6-15/h3,9,15H,4-6H2,1-2H3,(H,13,16). The molecule has 0 aliphatic carbocycles. The number of pyridine rings is 1. The van der Waals surface area contributed by atoms with Gasteiger partial charge in [-0.05, 0) is 25.5 Å². The number of aryl methyl sites for hydroxylation is 2. The lowest BCUT2D eigenvalue weighted by Gasteiger charge is -2.38. The van der Waals surface area contributed by atoms with Gasteiger partial charge in [-0.15, -0.1) is 0 Å². The molecule has 1 saturated heterocycles. The number of H-pyrrole nitrogens is 1. The Bertz CT molecular complexity index is 501. The lowest BCUT2D eigenvalue weighted by atomic mass is 9.99. The number of aliphatic hydroxyl groups is 1. The molecule has 0 radical (unpaired) electrons. The van der Waals surface area contributed by atoms with E-state index in [9.17, 15) is 9.59 Å². The molecule has 1 aromatic heterocycles. The maximum atomic E-state index is 12.1. The number of likely N-dealkylation sites (tertiary alicyclic amines) is 1. The van der Waals surface area contributed by atoms with E-state index in [1.165, 1.54) is 0 Å². The molecule has 1 amide bonds. The Morgan fingerprint density at radius 1 is 1.53 bits per heavy atom. The van der Waals surface area contributed by atoms with E-state index in [0.29, 0.717) is 18.7 Å². The van der Waals surface area contributed by atoms with E-state index in [0.717, 1.165) is 5.69 Å². The fraction of sp³-hybridized carbons (Fsp3) is 0.500. The third-order valence-corrected chi connectivity index (χ3v) is 3.08. The van der Waals surface area contributed by atoms with Gasteiger partial charge in [-0.1, -0.05) is 0 Å². The van der Waals surface area contributed by atoms with Crippen molar-refractivity contribution in [2.45, 2.75) is 13.8 Å². The van der Waals surface area contributed by atoms with Crippen molar-refractivity contribution in [2.75, 3.05) is 19.7 Å². The van der Waals surface area contributed by atoms with E-state index in [1.54, 1.807) is 24.8 Å². The highest BCUT2D eigenvalue weighted by Crippen LogP contribution is 2.18. The largest absolute Gasteiger partial charge is 0.396 e. The topological polar surface area (TPSA) is 73.4 Å². The quantitative estimate of drug-likeness (QED) is 0.762. The van der Waals surface area contributed by atoms with Crippen LogP contribution < -0.4 is 5.56 Å². The number of carbonyl (C=O) groups excluding carboxylic acids is 1. The summed E-state index contributed by atoms with van der Waals surface area (Å²) in [5, 5.41) is 8.90. The number of hydrogen-bond acceptors (Lipinski definition) is 3. The predicted octanol–water partition coefficient (Wildman–Crippen LogP) is 0.0560. The molecule has 5 heteroatoms. The Morgan fingerprint density at radius 2 is 2.18 bits per heavy atom. The first-order valence-corrected chi connectivity index (χ1v) is 5.63. The van der Waals surface area contributed by atoms with Crippen LogP contribution in [0.25, 0.3) is 0 Å². The smallest absolute Gasteiger partial charge is 0.261 e. The maximum absolute atomic E-state index is 12.1. The molecule has 92 valence electrons. The zero-order valence-corrected chi connectivity index (χ0v) is 9.99. The number of nitrogens with zero attached hydrogens (tertiary/aromatic N) is 1. The van der Waals surface area contributed by atoms with Gasteiger partial charge >= 0.3 is 0 Å². The minimum atomic E-state index is -0.333. The third-order valence-electron chi connectivity index (χ3n) is 3.08. The van der Waals surface area contributed by atoms with Crippen molar-refractivity contribution < 1.29 is 9.90 Å². The van der Waals surface area contributed by atoms with E-state index < -0.39 is 0 Å². The average molecular weight is 236 g/mol. The molecule has 1 aliphatic heterocycles. The molecule has 0 bridgehead atoms. The van der Waals surface area contributed by atoms with Crippen LogP contribution in [-0.2, 0) is 0 Å². The second-order valence-corrected chi connectivity index (χ2v) is 4.60. The molecule has 0 atom stereocenters. The van der Waals surface area contributed by atoms with Gasteiger partial charge in [0.25, 0.3) is 11.5 Å². The Labute approximate surface area is 99.1 Å². The predicted molar refractivity (Wildman–Crippen MR) is 63.0 cm³/mol. The summed E-state index contributed by atoms with van der Waals surface area (Å²) in [5.74, 6) is -0.0859. The fourth-order valence-corrected chi connectivity index (χ4v) is 2.13. The molecule has 0 aromatic carbocycles. The Hall–Kier alpha value is -1.62. The summed E-state index contributed by atoms with van der Waals surface area (Å²) >= 11 is 0. The Kier molecular flexibility index (Phi) is 3.02. The summed E-state index contributed by atoms with van der Waals surface area (Å²) in [6.07, 6.45) is 0. The molecule has 5 nitrogen and oxygen atoms in total. The van der Waals surface area contributed by atoms with Crippen LogP contribution in [0.15, 0.2) is 10.9 Å². The van der Waals surface area contributed by atoms with Crippen LogP contribution in [0.5, 0.6) is 0 Å². The van der Waals surface area contributed by atoms with Gasteiger partial charge in [0.1, 0.15) is 5.56 Å². The number of carbonyl (C=O) groups is 1. The summed E-state index contributed by atoms with van der Waals surface area (Å²) in [5.41, 5.74) is 1.33. The zero-order chi connectivity index (χ0) is 12.6. The molecule has 0 saturated carbocycles. The van der Waals surface area contributed by atoms with Crippen LogP contribution in [0.2, 0.25) is 0 Å². The van der Waals surface area contributed by atoms with Crippen LogP contribution in [0.1, 0.15) is 21.6 Å². The van der Waals surface area contributed by atoms with E-state index in [4.69, 9.17) is 5.11 Å². The average Bonchev–Trinajstić information content (AvgIpc) is 2.13. The van der Waals surface area contributed by atoms with E-state index in [1.807, 2.05) is 0 Å². The normalized spacial score (nSPS) is 15.8. The molecule has 2 rings (SSSR count). The summed E-state index contributed by atoms with van der Waals surface area (Å²) in [6.45, 7) is 4.70. The van der Waals surface area contributed by atoms with Gasteiger partial charge in [0.2, 0.25) is 0 Å². The van der Waals surface area contributed by atoms with Crippen molar-refractivity contribution in [3.8, 4) is 0 Å². The molecular formula is C12H16N2O3. The minimum absolute atomic E-state index is 0.0903. The first-order chi connectivity index (χ1) is 8.02. The van der Waals surface area contributed by atoms with Crippen molar-refractivity contribution in [2.24, 2.45) is 5.92 Å². The third kappa shape index (κ3) is 2.10. The number of amides is 1. The summed E-state index contributed by atoms with van der Waals surface area (Å²) < 4.78 is 0. The van der Waals surface area contributed by atoms with Crippen molar-refractivity contribution >= 4 is 5.91 Å². The molecule has 0 spiro atoms. The number of aliphatic hydroxyl groups excluding tert-OH is 1. The van der Waals surface area contributed by atoms with Crippen LogP contribution in [-0.4, -0.2) is 40.6 Å². The van der Waals surface area contributed by atoms with Gasteiger partial charge in [0, 0.05) is 31.3 Å². The summed E-state index contributed by atoms with van der Waals surface area (Å²) in [4.78, 5) is 28.0. The second kappa shape index (κ2) is 4.33. The van der Waals surface area contributed by atoms with Crippen LogP contribution >= 0.6 is 0 Å². The molecule has 1 fully saturated rings.